The smallest absolute Gasteiger partial charge is 0.259 e. The summed E-state index contributed by atoms with van der Waals surface area (Å²) in [6.07, 6.45) is 0. The average Bonchev–Trinajstić information content (AvgIpc) is 1.66. The molecular formula is C3H8O4S. The predicted octanol–water partition coefficient (Wildman–Crippen LogP) is -0.477. The molecule has 0 aliphatic heterocycles. The summed E-state index contributed by atoms with van der Waals surface area (Å²) in [5.74, 6) is 0. The first-order valence-corrected chi connectivity index (χ1v) is 3.22. The molecule has 0 amide bonds. The van der Waals surface area contributed by atoms with Gasteiger partial charge in [0.1, 0.15) is 0 Å². The van der Waals surface area contributed by atoms with Gasteiger partial charge < -0.3 is 4.74 Å². The highest BCUT2D eigenvalue weighted by Crippen LogP contribution is 1.74. The first kappa shape index (κ1) is 7.87. The summed E-state index contributed by atoms with van der Waals surface area (Å²) in [5, 5.41) is 0. The Morgan fingerprint density at radius 3 is 2.50 bits per heavy atom. The quantitative estimate of drug-likeness (QED) is 0.325. The zero-order valence-electron chi connectivity index (χ0n) is 4.49. The van der Waals surface area contributed by atoms with Gasteiger partial charge in [0.25, 0.3) is 11.0 Å². The Hall–Kier alpha value is -0.130. The van der Waals surface area contributed by atoms with Gasteiger partial charge in [0.15, 0.2) is 6.79 Å². The van der Waals surface area contributed by atoms with Crippen molar-refractivity contribution in [3.8, 4) is 0 Å². The molecule has 0 rings (SSSR count). The van der Waals surface area contributed by atoms with Crippen molar-refractivity contribution in [2.75, 3.05) is 13.4 Å². The van der Waals surface area contributed by atoms with Crippen LogP contribution in [0.2, 0.25) is 0 Å². The lowest BCUT2D eigenvalue weighted by Gasteiger charge is -1.92. The summed E-state index contributed by atoms with van der Waals surface area (Å²) in [5.41, 5.74) is 0. The molecule has 4 nitrogen and oxygen atoms in total. The van der Waals surface area contributed by atoms with Crippen molar-refractivity contribution < 1.29 is 17.3 Å². The van der Waals surface area contributed by atoms with Gasteiger partial charge in [-0.25, -0.2) is 12.6 Å². The lowest BCUT2D eigenvalue weighted by Crippen LogP contribution is -1.96. The second kappa shape index (κ2) is 5.02. The summed E-state index contributed by atoms with van der Waals surface area (Å²) in [6, 6.07) is 0. The SMILES string of the molecule is CCOCO[SH](=O)=O. The van der Waals surface area contributed by atoms with Crippen LogP contribution in [0.15, 0.2) is 0 Å². The van der Waals surface area contributed by atoms with Crippen molar-refractivity contribution in [1.82, 2.24) is 0 Å². The van der Waals surface area contributed by atoms with Crippen molar-refractivity contribution in [2.24, 2.45) is 0 Å². The highest BCUT2D eigenvalue weighted by Gasteiger charge is 1.81. The minimum Gasteiger partial charge on any atom is -0.354 e. The maximum atomic E-state index is 9.61. The third-order valence-electron chi connectivity index (χ3n) is 0.446. The van der Waals surface area contributed by atoms with Gasteiger partial charge in [-0.2, -0.15) is 0 Å². The summed E-state index contributed by atoms with van der Waals surface area (Å²) < 4.78 is 27.8. The normalized spacial score (nSPS) is 10.2. The zero-order chi connectivity index (χ0) is 6.41. The van der Waals surface area contributed by atoms with Crippen LogP contribution < -0.4 is 0 Å². The Labute approximate surface area is 49.6 Å². The van der Waals surface area contributed by atoms with Gasteiger partial charge in [-0.05, 0) is 6.92 Å². The van der Waals surface area contributed by atoms with Crippen molar-refractivity contribution in [3.05, 3.63) is 0 Å². The van der Waals surface area contributed by atoms with Crippen LogP contribution in [0.25, 0.3) is 0 Å². The molecule has 0 N–H and O–H groups in total. The Morgan fingerprint density at radius 1 is 1.50 bits per heavy atom. The summed E-state index contributed by atoms with van der Waals surface area (Å²) in [7, 11) is -2.74. The molecule has 0 spiro atoms. The van der Waals surface area contributed by atoms with Gasteiger partial charge in [-0.1, -0.05) is 0 Å². The molecule has 0 fully saturated rings. The van der Waals surface area contributed by atoms with Crippen LogP contribution in [-0.4, -0.2) is 21.8 Å². The van der Waals surface area contributed by atoms with Crippen molar-refractivity contribution >= 4 is 11.0 Å². The van der Waals surface area contributed by atoms with Gasteiger partial charge >= 0.3 is 0 Å². The fourth-order valence-electron chi connectivity index (χ4n) is 0.164. The van der Waals surface area contributed by atoms with Crippen LogP contribution in [0.1, 0.15) is 6.92 Å². The van der Waals surface area contributed by atoms with Crippen LogP contribution in [0, 0.1) is 0 Å². The highest BCUT2D eigenvalue weighted by molar-refractivity contribution is 7.67. The Bertz CT molecular complexity index is 99.9. The number of hydrogen-bond acceptors (Lipinski definition) is 4. The van der Waals surface area contributed by atoms with E-state index in [1.165, 1.54) is 0 Å². The average molecular weight is 140 g/mol. The molecule has 0 unspecified atom stereocenters. The van der Waals surface area contributed by atoms with Crippen LogP contribution in [0.4, 0.5) is 0 Å². The monoisotopic (exact) mass is 140 g/mol. The van der Waals surface area contributed by atoms with E-state index in [0.717, 1.165) is 0 Å². The molecular weight excluding hydrogens is 132 g/mol. The Balaban J connectivity index is 2.94. The van der Waals surface area contributed by atoms with E-state index in [0.29, 0.717) is 6.61 Å². The van der Waals surface area contributed by atoms with E-state index >= 15 is 0 Å². The van der Waals surface area contributed by atoms with Gasteiger partial charge in [0.2, 0.25) is 0 Å². The first-order chi connectivity index (χ1) is 3.77. The van der Waals surface area contributed by atoms with Crippen LogP contribution >= 0.6 is 0 Å². The summed E-state index contributed by atoms with van der Waals surface area (Å²) >= 11 is 0. The molecule has 0 heterocycles. The molecule has 5 heteroatoms. The second-order valence-corrected chi connectivity index (χ2v) is 1.67. The lowest BCUT2D eigenvalue weighted by molar-refractivity contribution is 0.0299. The zero-order valence-corrected chi connectivity index (χ0v) is 5.39. The Kier molecular flexibility index (Phi) is 4.93. The molecule has 0 saturated heterocycles. The maximum Gasteiger partial charge on any atom is 0.259 e. The number of hydrogen-bond donors (Lipinski definition) is 1. The summed E-state index contributed by atoms with van der Waals surface area (Å²) in [6.45, 7) is 2.04. The molecule has 0 atom stereocenters. The molecule has 0 bridgehead atoms. The Morgan fingerprint density at radius 2 is 2.12 bits per heavy atom. The minimum atomic E-state index is -2.74. The second-order valence-electron chi connectivity index (χ2n) is 0.963. The van der Waals surface area contributed by atoms with Gasteiger partial charge in [0, 0.05) is 6.61 Å². The standard InChI is InChI=1S/C3H8O4S/c1-2-6-3-7-8(4)5/h8H,2-3H2,1H3. The first-order valence-electron chi connectivity index (χ1n) is 2.12. The highest BCUT2D eigenvalue weighted by atomic mass is 32.2. The van der Waals surface area contributed by atoms with Gasteiger partial charge in [-0.15, -0.1) is 0 Å². The molecule has 0 aromatic carbocycles. The molecule has 0 saturated carbocycles. The van der Waals surface area contributed by atoms with Crippen LogP contribution in [-0.2, 0) is 19.9 Å². The largest absolute Gasteiger partial charge is 0.354 e. The molecule has 0 aliphatic carbocycles. The third-order valence-corrected chi connectivity index (χ3v) is 0.762. The molecule has 0 radical (unpaired) electrons. The molecule has 50 valence electrons. The number of ether oxygens (including phenoxy) is 1. The van der Waals surface area contributed by atoms with E-state index in [2.05, 4.69) is 8.92 Å². The summed E-state index contributed by atoms with van der Waals surface area (Å²) in [4.78, 5) is 0. The fraction of sp³-hybridized carbons (Fsp3) is 1.00. The fourth-order valence-corrected chi connectivity index (χ4v) is 0.324. The van der Waals surface area contributed by atoms with Crippen LogP contribution in [0.3, 0.4) is 0 Å². The number of rotatable bonds is 4. The third kappa shape index (κ3) is 5.87. The van der Waals surface area contributed by atoms with E-state index in [4.69, 9.17) is 0 Å². The van der Waals surface area contributed by atoms with E-state index < -0.39 is 11.0 Å². The number of thiol groups is 1. The topological polar surface area (TPSA) is 52.6 Å². The van der Waals surface area contributed by atoms with Crippen molar-refractivity contribution in [3.63, 3.8) is 0 Å². The molecule has 0 aromatic rings. The van der Waals surface area contributed by atoms with E-state index in [1.807, 2.05) is 0 Å². The predicted molar refractivity (Wildman–Crippen MR) is 27.9 cm³/mol. The van der Waals surface area contributed by atoms with Gasteiger partial charge in [-0.3, -0.25) is 0 Å². The lowest BCUT2D eigenvalue weighted by atomic mass is 10.9. The molecule has 8 heavy (non-hydrogen) atoms. The van der Waals surface area contributed by atoms with Crippen molar-refractivity contribution in [2.45, 2.75) is 6.92 Å². The van der Waals surface area contributed by atoms with E-state index in [9.17, 15) is 8.42 Å². The molecule has 0 aromatic heterocycles. The van der Waals surface area contributed by atoms with E-state index in [-0.39, 0.29) is 6.79 Å². The minimum absolute atomic E-state index is 0.171. The van der Waals surface area contributed by atoms with Crippen LogP contribution in [0.5, 0.6) is 0 Å². The molecule has 0 aliphatic rings. The van der Waals surface area contributed by atoms with Gasteiger partial charge in [0.05, 0.1) is 0 Å². The maximum absolute atomic E-state index is 9.61. The van der Waals surface area contributed by atoms with Crippen molar-refractivity contribution in [1.29, 1.82) is 0 Å². The van der Waals surface area contributed by atoms with E-state index in [1.54, 1.807) is 6.92 Å².